The van der Waals surface area contributed by atoms with E-state index in [1.54, 1.807) is 6.92 Å². The smallest absolute Gasteiger partial charge is 0.409 e. The quantitative estimate of drug-likeness (QED) is 0.452. The highest BCUT2D eigenvalue weighted by molar-refractivity contribution is 5.67. The topological polar surface area (TPSA) is 78.8 Å². The lowest BCUT2D eigenvalue weighted by atomic mass is 10.6. The molecule has 0 aromatic heterocycles. The molecule has 60 valence electrons. The second-order valence-corrected chi connectivity index (χ2v) is 1.56. The first-order valence-corrected chi connectivity index (χ1v) is 2.93. The lowest BCUT2D eigenvalue weighted by Gasteiger charge is -2.08. The SMILES string of the molecule is CCOC(=O)NC(O)CO. The largest absolute Gasteiger partial charge is 0.450 e. The molecule has 0 radical (unpaired) electrons. The molecule has 0 aliphatic rings. The molecule has 0 bridgehead atoms. The Hall–Kier alpha value is -0.810. The van der Waals surface area contributed by atoms with E-state index in [4.69, 9.17) is 10.2 Å². The van der Waals surface area contributed by atoms with E-state index in [9.17, 15) is 4.79 Å². The lowest BCUT2D eigenvalue weighted by Crippen LogP contribution is -2.37. The van der Waals surface area contributed by atoms with Crippen molar-refractivity contribution in [3.63, 3.8) is 0 Å². The molecule has 1 amide bonds. The molecule has 0 rings (SSSR count). The number of carbonyl (C=O) groups is 1. The van der Waals surface area contributed by atoms with Crippen LogP contribution in [0.25, 0.3) is 0 Å². The van der Waals surface area contributed by atoms with Gasteiger partial charge in [-0.05, 0) is 6.92 Å². The van der Waals surface area contributed by atoms with Crippen molar-refractivity contribution in [2.24, 2.45) is 0 Å². The van der Waals surface area contributed by atoms with Crippen LogP contribution in [0.1, 0.15) is 6.92 Å². The maximum atomic E-state index is 10.4. The zero-order valence-electron chi connectivity index (χ0n) is 5.70. The van der Waals surface area contributed by atoms with Crippen LogP contribution < -0.4 is 5.32 Å². The molecule has 0 saturated heterocycles. The first-order valence-electron chi connectivity index (χ1n) is 2.93. The van der Waals surface area contributed by atoms with Crippen molar-refractivity contribution in [1.82, 2.24) is 5.32 Å². The fraction of sp³-hybridized carbons (Fsp3) is 0.800. The number of ether oxygens (including phenoxy) is 1. The van der Waals surface area contributed by atoms with Gasteiger partial charge < -0.3 is 14.9 Å². The van der Waals surface area contributed by atoms with Crippen LogP contribution in [0.15, 0.2) is 0 Å². The van der Waals surface area contributed by atoms with E-state index < -0.39 is 18.9 Å². The zero-order chi connectivity index (χ0) is 7.98. The zero-order valence-corrected chi connectivity index (χ0v) is 5.70. The summed E-state index contributed by atoms with van der Waals surface area (Å²) in [5, 5.41) is 18.8. The van der Waals surface area contributed by atoms with E-state index in [0.717, 1.165) is 0 Å². The van der Waals surface area contributed by atoms with Gasteiger partial charge in [-0.15, -0.1) is 0 Å². The third-order valence-corrected chi connectivity index (χ3v) is 0.733. The van der Waals surface area contributed by atoms with E-state index in [2.05, 4.69) is 4.74 Å². The average molecular weight is 149 g/mol. The molecule has 3 N–H and O–H groups in total. The third-order valence-electron chi connectivity index (χ3n) is 0.733. The summed E-state index contributed by atoms with van der Waals surface area (Å²) >= 11 is 0. The monoisotopic (exact) mass is 149 g/mol. The standard InChI is InChI=1S/C5H11NO4/c1-2-10-5(9)6-4(8)3-7/h4,7-8H,2-3H2,1H3,(H,6,9). The molecule has 0 aromatic carbocycles. The third kappa shape index (κ3) is 4.11. The Labute approximate surface area is 58.6 Å². The highest BCUT2D eigenvalue weighted by atomic mass is 16.6. The van der Waals surface area contributed by atoms with Crippen LogP contribution in [-0.2, 0) is 4.74 Å². The molecular weight excluding hydrogens is 138 g/mol. The van der Waals surface area contributed by atoms with E-state index in [1.807, 2.05) is 5.32 Å². The minimum Gasteiger partial charge on any atom is -0.450 e. The number of aliphatic hydroxyl groups is 2. The van der Waals surface area contributed by atoms with Gasteiger partial charge >= 0.3 is 6.09 Å². The number of carbonyl (C=O) groups excluding carboxylic acids is 1. The van der Waals surface area contributed by atoms with Crippen LogP contribution in [0, 0.1) is 0 Å². The molecule has 1 unspecified atom stereocenters. The van der Waals surface area contributed by atoms with Crippen molar-refractivity contribution >= 4 is 6.09 Å². The van der Waals surface area contributed by atoms with Gasteiger partial charge in [0.25, 0.3) is 0 Å². The predicted octanol–water partition coefficient (Wildman–Crippen LogP) is -0.957. The number of hydrogen-bond donors (Lipinski definition) is 3. The van der Waals surface area contributed by atoms with Crippen molar-refractivity contribution in [2.45, 2.75) is 13.2 Å². The average Bonchev–Trinajstić information content (AvgIpc) is 1.88. The van der Waals surface area contributed by atoms with Gasteiger partial charge in [0.1, 0.15) is 0 Å². The Bertz CT molecular complexity index is 106. The normalized spacial score (nSPS) is 12.3. The van der Waals surface area contributed by atoms with Crippen LogP contribution in [0.2, 0.25) is 0 Å². The highest BCUT2D eigenvalue weighted by Gasteiger charge is 2.05. The molecule has 0 spiro atoms. The van der Waals surface area contributed by atoms with Crippen molar-refractivity contribution < 1.29 is 19.7 Å². The van der Waals surface area contributed by atoms with Gasteiger partial charge in [0.05, 0.1) is 13.2 Å². The van der Waals surface area contributed by atoms with Crippen molar-refractivity contribution in [3.8, 4) is 0 Å². The molecule has 0 aromatic rings. The van der Waals surface area contributed by atoms with Gasteiger partial charge in [-0.2, -0.15) is 0 Å². The van der Waals surface area contributed by atoms with Crippen molar-refractivity contribution in [2.75, 3.05) is 13.2 Å². The molecule has 0 aliphatic heterocycles. The molecule has 1 atom stereocenters. The van der Waals surface area contributed by atoms with Gasteiger partial charge in [0.15, 0.2) is 6.23 Å². The van der Waals surface area contributed by atoms with Crippen LogP contribution in [0.5, 0.6) is 0 Å². The number of rotatable bonds is 3. The summed E-state index contributed by atoms with van der Waals surface area (Å²) in [6, 6.07) is 0. The van der Waals surface area contributed by atoms with Gasteiger partial charge in [0.2, 0.25) is 0 Å². The maximum absolute atomic E-state index is 10.4. The lowest BCUT2D eigenvalue weighted by molar-refractivity contribution is 0.0587. The second-order valence-electron chi connectivity index (χ2n) is 1.56. The van der Waals surface area contributed by atoms with Crippen molar-refractivity contribution in [1.29, 1.82) is 0 Å². The Morgan fingerprint density at radius 3 is 2.80 bits per heavy atom. The molecule has 0 aliphatic carbocycles. The maximum Gasteiger partial charge on any atom is 0.409 e. The second kappa shape index (κ2) is 5.01. The summed E-state index contributed by atoms with van der Waals surface area (Å²) < 4.78 is 4.39. The number of hydrogen-bond acceptors (Lipinski definition) is 4. The molecule has 5 heteroatoms. The summed E-state index contributed by atoms with van der Waals surface area (Å²) in [4.78, 5) is 10.4. The summed E-state index contributed by atoms with van der Waals surface area (Å²) in [7, 11) is 0. The Morgan fingerprint density at radius 2 is 2.40 bits per heavy atom. The van der Waals surface area contributed by atoms with Crippen LogP contribution in [-0.4, -0.2) is 35.7 Å². The van der Waals surface area contributed by atoms with Crippen molar-refractivity contribution in [3.05, 3.63) is 0 Å². The molecule has 0 heterocycles. The Kier molecular flexibility index (Phi) is 4.61. The molecule has 0 fully saturated rings. The molecular formula is C5H11NO4. The Balaban J connectivity index is 3.37. The van der Waals surface area contributed by atoms with Gasteiger partial charge in [0, 0.05) is 0 Å². The van der Waals surface area contributed by atoms with E-state index in [1.165, 1.54) is 0 Å². The first kappa shape index (κ1) is 9.19. The van der Waals surface area contributed by atoms with Gasteiger partial charge in [-0.3, -0.25) is 5.32 Å². The number of alkyl carbamates (subject to hydrolysis) is 1. The number of amides is 1. The summed E-state index contributed by atoms with van der Waals surface area (Å²) in [6.45, 7) is 1.37. The van der Waals surface area contributed by atoms with Gasteiger partial charge in [-0.1, -0.05) is 0 Å². The van der Waals surface area contributed by atoms with E-state index in [0.29, 0.717) is 0 Å². The van der Waals surface area contributed by atoms with Crippen LogP contribution >= 0.6 is 0 Å². The minimum absolute atomic E-state index is 0.240. The Morgan fingerprint density at radius 1 is 1.80 bits per heavy atom. The summed E-state index contributed by atoms with van der Waals surface area (Å²) in [5.74, 6) is 0. The van der Waals surface area contributed by atoms with E-state index >= 15 is 0 Å². The minimum atomic E-state index is -1.24. The van der Waals surface area contributed by atoms with E-state index in [-0.39, 0.29) is 6.61 Å². The van der Waals surface area contributed by atoms with Crippen LogP contribution in [0.3, 0.4) is 0 Å². The summed E-state index contributed by atoms with van der Waals surface area (Å²) in [5.41, 5.74) is 0. The fourth-order valence-corrected chi connectivity index (χ4v) is 0.354. The number of aliphatic hydroxyl groups excluding tert-OH is 2. The molecule has 0 saturated carbocycles. The highest BCUT2D eigenvalue weighted by Crippen LogP contribution is 1.78. The molecule has 10 heavy (non-hydrogen) atoms. The summed E-state index contributed by atoms with van der Waals surface area (Å²) in [6.07, 6.45) is -1.97. The fourth-order valence-electron chi connectivity index (χ4n) is 0.354. The number of nitrogens with one attached hydrogen (secondary N) is 1. The predicted molar refractivity (Wildman–Crippen MR) is 33.3 cm³/mol. The molecule has 5 nitrogen and oxygen atoms in total. The van der Waals surface area contributed by atoms with Crippen LogP contribution in [0.4, 0.5) is 4.79 Å². The first-order chi connectivity index (χ1) is 4.70. The van der Waals surface area contributed by atoms with Gasteiger partial charge in [-0.25, -0.2) is 4.79 Å².